The van der Waals surface area contributed by atoms with Gasteiger partial charge in [-0.15, -0.1) is 0 Å². The number of carbonyl (C=O) groups is 2. The molecule has 0 spiro atoms. The molecular weight excluding hydrogens is 451 g/mol. The Hall–Kier alpha value is -2.54. The number of Topliss-reactive ketones (excluding diaryl/α,β-unsaturated/α-hetero) is 1. The van der Waals surface area contributed by atoms with E-state index in [9.17, 15) is 14.7 Å². The van der Waals surface area contributed by atoms with Crippen LogP contribution in [0.15, 0.2) is 48.0 Å². The van der Waals surface area contributed by atoms with Crippen LogP contribution < -0.4 is 14.7 Å². The van der Waals surface area contributed by atoms with Gasteiger partial charge in [-0.3, -0.25) is 9.59 Å². The predicted molar refractivity (Wildman–Crippen MR) is 123 cm³/mol. The Morgan fingerprint density at radius 3 is 2.53 bits per heavy atom. The second-order valence-electron chi connectivity index (χ2n) is 7.92. The van der Waals surface area contributed by atoms with Crippen LogP contribution in [0, 0.1) is 0 Å². The fraction of sp³-hybridized carbons (Fsp3) is 0.333. The summed E-state index contributed by atoms with van der Waals surface area (Å²) in [7, 11) is 4.03. The number of halogens is 2. The fourth-order valence-electron chi connectivity index (χ4n) is 3.80. The maximum Gasteiger partial charge on any atom is 0.295 e. The minimum atomic E-state index is -0.802. The van der Waals surface area contributed by atoms with Gasteiger partial charge in [-0.25, -0.2) is 0 Å². The number of benzene rings is 2. The van der Waals surface area contributed by atoms with Crippen LogP contribution in [0.3, 0.4) is 0 Å². The molecular formula is C24H26Cl2N2O4. The smallest absolute Gasteiger partial charge is 0.295 e. The molecule has 2 aromatic rings. The zero-order valence-corrected chi connectivity index (χ0v) is 19.8. The molecule has 1 atom stereocenters. The summed E-state index contributed by atoms with van der Waals surface area (Å²) in [4.78, 5) is 28.6. The Labute approximate surface area is 198 Å². The maximum absolute atomic E-state index is 13.4. The average Bonchev–Trinajstić information content (AvgIpc) is 2.99. The van der Waals surface area contributed by atoms with Crippen molar-refractivity contribution in [3.63, 3.8) is 0 Å². The van der Waals surface area contributed by atoms with Gasteiger partial charge in [0.15, 0.2) is 0 Å². The third kappa shape index (κ3) is 5.09. The van der Waals surface area contributed by atoms with E-state index in [-0.39, 0.29) is 16.2 Å². The SMILES string of the molecule is CCOc1ccc(C([O-])=C2C(=O)C(=O)N(CCC[NH+](C)C)C2c2cccc(Cl)c2)cc1Cl. The summed E-state index contributed by atoms with van der Waals surface area (Å²) < 4.78 is 5.42. The highest BCUT2D eigenvalue weighted by atomic mass is 35.5. The summed E-state index contributed by atoms with van der Waals surface area (Å²) in [5, 5.41) is 14.2. The molecule has 0 aromatic heterocycles. The van der Waals surface area contributed by atoms with Crippen LogP contribution in [-0.2, 0) is 9.59 Å². The molecule has 2 aromatic carbocycles. The number of amides is 1. The van der Waals surface area contributed by atoms with Gasteiger partial charge in [0, 0.05) is 23.6 Å². The molecule has 0 saturated carbocycles. The summed E-state index contributed by atoms with van der Waals surface area (Å²) in [6, 6.07) is 10.7. The van der Waals surface area contributed by atoms with Gasteiger partial charge in [0.25, 0.3) is 5.91 Å². The lowest BCUT2D eigenvalue weighted by atomic mass is 9.95. The first-order chi connectivity index (χ1) is 15.2. The Balaban J connectivity index is 2.09. The van der Waals surface area contributed by atoms with Gasteiger partial charge in [-0.2, -0.15) is 0 Å². The highest BCUT2D eigenvalue weighted by molar-refractivity contribution is 6.46. The standard InChI is InChI=1S/C24H26Cl2N2O4/c1-4-32-19-10-9-16(14-18(19)26)22(29)20-21(15-7-5-8-17(25)13-15)28(24(31)23(20)30)12-6-11-27(2)3/h5,7-10,13-14,21,29H,4,6,11-12H2,1-3H3. The van der Waals surface area contributed by atoms with Crippen LogP contribution in [0.1, 0.15) is 30.5 Å². The van der Waals surface area contributed by atoms with Crippen molar-refractivity contribution in [1.82, 2.24) is 4.90 Å². The van der Waals surface area contributed by atoms with Crippen molar-refractivity contribution >= 4 is 40.7 Å². The van der Waals surface area contributed by atoms with Gasteiger partial charge in [-0.1, -0.05) is 47.2 Å². The van der Waals surface area contributed by atoms with Crippen molar-refractivity contribution in [2.75, 3.05) is 33.8 Å². The summed E-state index contributed by atoms with van der Waals surface area (Å²) in [5.41, 5.74) is 0.755. The van der Waals surface area contributed by atoms with Crippen molar-refractivity contribution in [1.29, 1.82) is 0 Å². The van der Waals surface area contributed by atoms with E-state index < -0.39 is 23.5 Å². The molecule has 8 heteroatoms. The predicted octanol–water partition coefficient (Wildman–Crippen LogP) is 2.15. The molecule has 1 aliphatic heterocycles. The van der Waals surface area contributed by atoms with E-state index in [1.54, 1.807) is 36.4 Å². The third-order valence-electron chi connectivity index (χ3n) is 5.26. The summed E-state index contributed by atoms with van der Waals surface area (Å²) in [6.07, 6.45) is 0.689. The molecule has 1 unspecified atom stereocenters. The molecule has 1 amide bonds. The Morgan fingerprint density at radius 1 is 1.16 bits per heavy atom. The molecule has 1 saturated heterocycles. The van der Waals surface area contributed by atoms with E-state index in [1.807, 2.05) is 21.0 Å². The lowest BCUT2D eigenvalue weighted by Gasteiger charge is -2.28. The Morgan fingerprint density at radius 2 is 1.91 bits per heavy atom. The van der Waals surface area contributed by atoms with Gasteiger partial charge in [0.1, 0.15) is 5.75 Å². The number of nitrogens with zero attached hydrogens (tertiary/aromatic N) is 1. The second kappa shape index (κ2) is 10.4. The van der Waals surface area contributed by atoms with Crippen molar-refractivity contribution in [2.45, 2.75) is 19.4 Å². The van der Waals surface area contributed by atoms with Gasteiger partial charge >= 0.3 is 0 Å². The quantitative estimate of drug-likeness (QED) is 0.359. The number of hydrogen-bond acceptors (Lipinski definition) is 4. The van der Waals surface area contributed by atoms with Crippen LogP contribution in [0.5, 0.6) is 5.75 Å². The van der Waals surface area contributed by atoms with Gasteiger partial charge in [-0.05, 0) is 42.3 Å². The average molecular weight is 477 g/mol. The first-order valence-corrected chi connectivity index (χ1v) is 11.2. The number of likely N-dealkylation sites (tertiary alicyclic amines) is 1. The van der Waals surface area contributed by atoms with E-state index in [4.69, 9.17) is 27.9 Å². The van der Waals surface area contributed by atoms with Gasteiger partial charge in [0.05, 0.1) is 38.3 Å². The summed E-state index contributed by atoms with van der Waals surface area (Å²) in [6.45, 7) is 3.43. The first kappa shape index (κ1) is 24.1. The molecule has 1 N–H and O–H groups in total. The summed E-state index contributed by atoms with van der Waals surface area (Å²) in [5.74, 6) is -1.55. The fourth-order valence-corrected chi connectivity index (χ4v) is 4.23. The van der Waals surface area contributed by atoms with E-state index in [0.717, 1.165) is 6.54 Å². The minimum Gasteiger partial charge on any atom is -0.872 e. The molecule has 0 bridgehead atoms. The first-order valence-electron chi connectivity index (χ1n) is 10.5. The highest BCUT2D eigenvalue weighted by Crippen LogP contribution is 2.40. The number of nitrogens with one attached hydrogen (secondary N) is 1. The van der Waals surface area contributed by atoms with Gasteiger partial charge < -0.3 is 19.6 Å². The van der Waals surface area contributed by atoms with Crippen molar-refractivity contribution < 1.29 is 24.3 Å². The van der Waals surface area contributed by atoms with E-state index in [0.29, 0.717) is 35.9 Å². The molecule has 3 rings (SSSR count). The summed E-state index contributed by atoms with van der Waals surface area (Å²) >= 11 is 12.4. The van der Waals surface area contributed by atoms with Crippen LogP contribution in [-0.4, -0.2) is 50.4 Å². The highest BCUT2D eigenvalue weighted by Gasteiger charge is 2.44. The molecule has 1 fully saturated rings. The zero-order chi connectivity index (χ0) is 23.4. The maximum atomic E-state index is 13.4. The number of ether oxygens (including phenoxy) is 1. The lowest BCUT2D eigenvalue weighted by molar-refractivity contribution is -0.858. The molecule has 0 aliphatic carbocycles. The molecule has 1 heterocycles. The van der Waals surface area contributed by atoms with Crippen molar-refractivity contribution in [2.24, 2.45) is 0 Å². The van der Waals surface area contributed by atoms with Gasteiger partial charge in [0.2, 0.25) is 5.78 Å². The monoisotopic (exact) mass is 476 g/mol. The molecule has 6 nitrogen and oxygen atoms in total. The van der Waals surface area contributed by atoms with Crippen LogP contribution in [0.4, 0.5) is 0 Å². The topological polar surface area (TPSA) is 74.1 Å². The van der Waals surface area contributed by atoms with Crippen LogP contribution in [0.2, 0.25) is 10.0 Å². The minimum absolute atomic E-state index is 0.0882. The van der Waals surface area contributed by atoms with E-state index >= 15 is 0 Å². The molecule has 170 valence electrons. The lowest BCUT2D eigenvalue weighted by Crippen LogP contribution is -3.05. The number of carbonyl (C=O) groups excluding carboxylic acids is 2. The van der Waals surface area contributed by atoms with Crippen LogP contribution in [0.25, 0.3) is 5.76 Å². The van der Waals surface area contributed by atoms with Crippen molar-refractivity contribution in [3.8, 4) is 5.75 Å². The zero-order valence-electron chi connectivity index (χ0n) is 18.3. The number of rotatable bonds is 8. The van der Waals surface area contributed by atoms with Crippen LogP contribution >= 0.6 is 23.2 Å². The molecule has 1 aliphatic rings. The molecule has 32 heavy (non-hydrogen) atoms. The Kier molecular flexibility index (Phi) is 7.82. The number of quaternary nitrogens is 1. The largest absolute Gasteiger partial charge is 0.872 e. The number of ketones is 1. The normalized spacial score (nSPS) is 17.9. The van der Waals surface area contributed by atoms with Crippen molar-refractivity contribution in [3.05, 3.63) is 69.2 Å². The van der Waals surface area contributed by atoms with E-state index in [1.165, 1.54) is 15.9 Å². The Bertz CT molecular complexity index is 1050. The number of hydrogen-bond donors (Lipinski definition) is 1. The molecule has 0 radical (unpaired) electrons. The second-order valence-corrected chi connectivity index (χ2v) is 8.76. The third-order valence-corrected chi connectivity index (χ3v) is 5.79. The van der Waals surface area contributed by atoms with E-state index in [2.05, 4.69) is 0 Å².